The molecule has 10 nitrogen and oxygen atoms in total. The van der Waals surface area contributed by atoms with E-state index in [4.69, 9.17) is 14.5 Å². The van der Waals surface area contributed by atoms with Crippen molar-refractivity contribution in [3.8, 4) is 22.8 Å². The van der Waals surface area contributed by atoms with Crippen molar-refractivity contribution in [3.63, 3.8) is 0 Å². The molecule has 0 radical (unpaired) electrons. The average molecular weight is 729 g/mol. The Labute approximate surface area is 264 Å². The standard InChI is InChI=1S/C22H18N6O.CH3NO2.2BF4.Cd/c1-3-11-23-19(5-1)21-9-13-27(25-21)15-17-7-8-18(29-17)16-28-14-10-22(26-28)20-6-2-4-12-24-20;1-2(3)4;2*2-1(3,4)5;/h1-14H,15-16H2;1H3;;;/q;;2*-1;+2. The minimum Gasteiger partial charge on any atom is -0.462 e. The number of hydrogen-bond acceptors (Lipinski definition) is 7. The fraction of sp³-hybridized carbons (Fsp3) is 0.130. The first-order valence-corrected chi connectivity index (χ1v) is 11.9. The van der Waals surface area contributed by atoms with Crippen LogP contribution in [-0.4, -0.2) is 56.0 Å². The Morgan fingerprint density at radius 1 is 0.682 bits per heavy atom. The van der Waals surface area contributed by atoms with E-state index in [1.807, 2.05) is 82.4 Å². The largest absolute Gasteiger partial charge is 2.00 e. The monoisotopic (exact) mass is 731 g/mol. The molecule has 5 aromatic heterocycles. The van der Waals surface area contributed by atoms with Crippen LogP contribution in [0.3, 0.4) is 0 Å². The number of hydrogen-bond donors (Lipinski definition) is 0. The van der Waals surface area contributed by atoms with E-state index in [0.717, 1.165) is 41.3 Å². The fourth-order valence-electron chi connectivity index (χ4n) is 3.11. The third-order valence-corrected chi connectivity index (χ3v) is 4.49. The Bertz CT molecular complexity index is 1410. The SMILES string of the molecule is C[N+](=O)[O-].F[B-](F)(F)F.F[B-](F)(F)F.[Cd+2].c1ccc(-c2ccn(Cc3ccc(Cn4ccc(-c5ccccn5)n4)o3)n2)nc1. The second kappa shape index (κ2) is 17.9. The average Bonchev–Trinajstić information content (AvgIpc) is 3.65. The maximum absolute atomic E-state index is 9.75. The molecular weight excluding hydrogens is 708 g/mol. The molecule has 21 heteroatoms. The van der Waals surface area contributed by atoms with E-state index >= 15 is 0 Å². The van der Waals surface area contributed by atoms with Crippen molar-refractivity contribution in [2.45, 2.75) is 13.1 Å². The summed E-state index contributed by atoms with van der Waals surface area (Å²) in [6, 6.07) is 19.4. The summed E-state index contributed by atoms with van der Waals surface area (Å²) in [5, 5.41) is 18.0. The first kappa shape index (κ1) is 37.9. The van der Waals surface area contributed by atoms with Crippen molar-refractivity contribution in [1.82, 2.24) is 29.5 Å². The summed E-state index contributed by atoms with van der Waals surface area (Å²) in [5.41, 5.74) is 3.40. The molecule has 44 heavy (non-hydrogen) atoms. The van der Waals surface area contributed by atoms with E-state index in [2.05, 4.69) is 20.2 Å². The van der Waals surface area contributed by atoms with E-state index in [1.165, 1.54) is 0 Å². The summed E-state index contributed by atoms with van der Waals surface area (Å²) in [5.74, 6) is 1.68. The molecule has 230 valence electrons. The zero-order chi connectivity index (χ0) is 32.0. The topological polar surface area (TPSA) is 118 Å². The Morgan fingerprint density at radius 3 is 1.32 bits per heavy atom. The molecule has 0 bridgehead atoms. The third-order valence-electron chi connectivity index (χ3n) is 4.49. The molecule has 0 N–H and O–H groups in total. The minimum atomic E-state index is -6.00. The minimum absolute atomic E-state index is 0. The van der Waals surface area contributed by atoms with Gasteiger partial charge in [0.2, 0.25) is 0 Å². The number of pyridine rings is 2. The molecule has 0 atom stereocenters. The van der Waals surface area contributed by atoms with Gasteiger partial charge in [-0.25, -0.2) is 0 Å². The van der Waals surface area contributed by atoms with Gasteiger partial charge in [-0.05, 0) is 48.5 Å². The van der Waals surface area contributed by atoms with Crippen LogP contribution < -0.4 is 0 Å². The molecule has 0 saturated heterocycles. The molecule has 0 aliphatic carbocycles. The van der Waals surface area contributed by atoms with Gasteiger partial charge in [-0.3, -0.25) is 29.4 Å². The predicted molar refractivity (Wildman–Crippen MR) is 141 cm³/mol. The van der Waals surface area contributed by atoms with E-state index in [0.29, 0.717) is 13.1 Å². The molecule has 5 aromatic rings. The number of nitrogens with zero attached hydrogens (tertiary/aromatic N) is 7. The zero-order valence-electron chi connectivity index (χ0n) is 22.7. The van der Waals surface area contributed by atoms with Gasteiger partial charge >= 0.3 is 41.8 Å². The van der Waals surface area contributed by atoms with E-state index in [1.54, 1.807) is 12.4 Å². The maximum Gasteiger partial charge on any atom is 2.00 e. The molecule has 0 aliphatic heterocycles. The molecule has 0 fully saturated rings. The van der Waals surface area contributed by atoms with Crippen molar-refractivity contribution >= 4 is 14.5 Å². The van der Waals surface area contributed by atoms with Crippen LogP contribution in [0.15, 0.2) is 89.9 Å². The van der Waals surface area contributed by atoms with Crippen LogP contribution in [0.4, 0.5) is 34.5 Å². The second-order valence-corrected chi connectivity index (χ2v) is 8.02. The quantitative estimate of drug-likeness (QED) is 0.0862. The molecule has 0 amide bonds. The number of rotatable bonds is 6. The Kier molecular flexibility index (Phi) is 15.4. The van der Waals surface area contributed by atoms with Crippen molar-refractivity contribution in [3.05, 3.63) is 107 Å². The smallest absolute Gasteiger partial charge is 0.462 e. The first-order valence-electron chi connectivity index (χ1n) is 11.9. The Morgan fingerprint density at radius 2 is 1.02 bits per heavy atom. The third kappa shape index (κ3) is 17.1. The van der Waals surface area contributed by atoms with Crippen molar-refractivity contribution < 1.29 is 71.2 Å². The van der Waals surface area contributed by atoms with Crippen LogP contribution in [0.2, 0.25) is 0 Å². The van der Waals surface area contributed by atoms with Crippen LogP contribution in [0.5, 0.6) is 0 Å². The summed E-state index contributed by atoms with van der Waals surface area (Å²) >= 11 is 0. The van der Waals surface area contributed by atoms with E-state index in [-0.39, 0.29) is 27.3 Å². The van der Waals surface area contributed by atoms with Crippen molar-refractivity contribution in [2.75, 3.05) is 7.05 Å². The molecule has 0 aromatic carbocycles. The van der Waals surface area contributed by atoms with Crippen LogP contribution >= 0.6 is 0 Å². The molecule has 0 unspecified atom stereocenters. The fourth-order valence-corrected chi connectivity index (χ4v) is 3.11. The van der Waals surface area contributed by atoms with Crippen LogP contribution in [0.25, 0.3) is 22.8 Å². The Balaban J connectivity index is 0.000000546. The number of halogens is 8. The molecule has 5 rings (SSSR count). The Hall–Kier alpha value is -4.11. The van der Waals surface area contributed by atoms with Crippen molar-refractivity contribution in [2.24, 2.45) is 0 Å². The maximum atomic E-state index is 9.75. The first-order chi connectivity index (χ1) is 20.1. The van der Waals surface area contributed by atoms with Gasteiger partial charge in [-0.2, -0.15) is 10.2 Å². The van der Waals surface area contributed by atoms with Gasteiger partial charge in [0.25, 0.3) is 0 Å². The molecule has 5 heterocycles. The second-order valence-electron chi connectivity index (χ2n) is 8.02. The van der Waals surface area contributed by atoms with Crippen molar-refractivity contribution in [1.29, 1.82) is 0 Å². The van der Waals surface area contributed by atoms with Gasteiger partial charge in [-0.1, -0.05) is 12.1 Å². The molecule has 0 aliphatic rings. The predicted octanol–water partition coefficient (Wildman–Crippen LogP) is 6.38. The van der Waals surface area contributed by atoms with Crippen LogP contribution in [-0.2, 0) is 40.4 Å². The zero-order valence-corrected chi connectivity index (χ0v) is 26.8. The van der Waals surface area contributed by atoms with Gasteiger partial charge < -0.3 is 38.9 Å². The summed E-state index contributed by atoms with van der Waals surface area (Å²) in [4.78, 5) is 17.0. The van der Waals surface area contributed by atoms with Gasteiger partial charge in [-0.15, -0.1) is 0 Å². The van der Waals surface area contributed by atoms with Gasteiger partial charge in [0.15, 0.2) is 7.05 Å². The van der Waals surface area contributed by atoms with E-state index in [9.17, 15) is 34.5 Å². The van der Waals surface area contributed by atoms with Crippen LogP contribution in [0, 0.1) is 10.1 Å². The summed E-state index contributed by atoms with van der Waals surface area (Å²) in [6.07, 6.45) is 7.39. The molecule has 0 spiro atoms. The normalized spacial score (nSPS) is 10.6. The van der Waals surface area contributed by atoms with Gasteiger partial charge in [0, 0.05) is 29.7 Å². The number of nitro groups is 1. The van der Waals surface area contributed by atoms with Gasteiger partial charge in [0.1, 0.15) is 22.9 Å². The molecule has 0 saturated carbocycles. The molecular formula is C23H21B2CdF8N7O3. The number of aromatic nitrogens is 6. The van der Waals surface area contributed by atoms with Gasteiger partial charge in [0.05, 0.1) is 24.5 Å². The summed E-state index contributed by atoms with van der Waals surface area (Å²) < 4.78 is 87.7. The summed E-state index contributed by atoms with van der Waals surface area (Å²) in [6.45, 7) is 1.12. The summed E-state index contributed by atoms with van der Waals surface area (Å²) in [7, 11) is -11.1. The van der Waals surface area contributed by atoms with Crippen LogP contribution in [0.1, 0.15) is 11.5 Å². The number of furan rings is 1. The van der Waals surface area contributed by atoms with E-state index < -0.39 is 19.4 Å².